The fraction of sp³-hybridized carbons (Fsp3) is 0. The second kappa shape index (κ2) is 5.30. The molecule has 80 valence electrons. The molecule has 17 heavy (non-hydrogen) atoms. The van der Waals surface area contributed by atoms with E-state index in [9.17, 15) is 0 Å². The van der Waals surface area contributed by atoms with E-state index in [1.165, 1.54) is 0 Å². The largest absolute Gasteiger partial charge is 0.263 e. The normalized spacial score (nSPS) is 8.94. The molecule has 0 fully saturated rings. The second-order valence-corrected chi connectivity index (χ2v) is 4.21. The molecular formula is C14H7BrN2. The fourth-order valence-corrected chi connectivity index (χ4v) is 1.53. The molecule has 0 saturated heterocycles. The summed E-state index contributed by atoms with van der Waals surface area (Å²) in [5.74, 6) is 5.95. The zero-order valence-electron chi connectivity index (χ0n) is 8.81. The van der Waals surface area contributed by atoms with Gasteiger partial charge < -0.3 is 0 Å². The Kier molecular flexibility index (Phi) is 3.55. The maximum Gasteiger partial charge on any atom is 0.101 e. The first-order chi connectivity index (χ1) is 8.29. The molecule has 2 aromatic rings. The van der Waals surface area contributed by atoms with E-state index in [1.807, 2.05) is 24.3 Å². The van der Waals surface area contributed by atoms with Gasteiger partial charge in [-0.2, -0.15) is 5.26 Å². The number of halogens is 1. The Morgan fingerprint density at radius 3 is 2.47 bits per heavy atom. The van der Waals surface area contributed by atoms with Crippen LogP contribution < -0.4 is 0 Å². The lowest BCUT2D eigenvalue weighted by Gasteiger charge is -1.93. The van der Waals surface area contributed by atoms with Crippen LogP contribution in [0.2, 0.25) is 0 Å². The Morgan fingerprint density at radius 2 is 1.76 bits per heavy atom. The van der Waals surface area contributed by atoms with E-state index < -0.39 is 0 Å². The fourth-order valence-electron chi connectivity index (χ4n) is 1.26. The summed E-state index contributed by atoms with van der Waals surface area (Å²) in [7, 11) is 0. The van der Waals surface area contributed by atoms with Gasteiger partial charge in [-0.15, -0.1) is 0 Å². The van der Waals surface area contributed by atoms with Crippen LogP contribution in [0, 0.1) is 23.2 Å². The van der Waals surface area contributed by atoms with E-state index in [0.29, 0.717) is 11.1 Å². The van der Waals surface area contributed by atoms with Gasteiger partial charge in [-0.25, -0.2) is 0 Å². The highest BCUT2D eigenvalue weighted by molar-refractivity contribution is 9.10. The zero-order valence-corrected chi connectivity index (χ0v) is 10.4. The van der Waals surface area contributed by atoms with Gasteiger partial charge in [0.15, 0.2) is 0 Å². The van der Waals surface area contributed by atoms with Crippen molar-refractivity contribution in [2.75, 3.05) is 0 Å². The number of rotatable bonds is 0. The zero-order chi connectivity index (χ0) is 12.1. The van der Waals surface area contributed by atoms with Crippen molar-refractivity contribution < 1.29 is 0 Å². The van der Waals surface area contributed by atoms with Gasteiger partial charge in [0.25, 0.3) is 0 Å². The number of aromatic nitrogens is 1. The third-order valence-corrected chi connectivity index (χ3v) is 2.66. The molecule has 0 amide bonds. The van der Waals surface area contributed by atoms with E-state index in [4.69, 9.17) is 5.26 Å². The molecule has 0 aliphatic heterocycles. The molecule has 1 aromatic heterocycles. The molecule has 0 spiro atoms. The number of benzene rings is 1. The summed E-state index contributed by atoms with van der Waals surface area (Å²) >= 11 is 3.36. The van der Waals surface area contributed by atoms with Crippen LogP contribution in [-0.4, -0.2) is 4.98 Å². The summed E-state index contributed by atoms with van der Waals surface area (Å²) < 4.78 is 1.02. The van der Waals surface area contributed by atoms with E-state index in [0.717, 1.165) is 10.0 Å². The summed E-state index contributed by atoms with van der Waals surface area (Å²) in [6.45, 7) is 0. The van der Waals surface area contributed by atoms with Crippen molar-refractivity contribution in [3.63, 3.8) is 0 Å². The molecule has 2 nitrogen and oxygen atoms in total. The lowest BCUT2D eigenvalue weighted by Crippen LogP contribution is -1.84. The van der Waals surface area contributed by atoms with Crippen LogP contribution in [0.15, 0.2) is 47.2 Å². The van der Waals surface area contributed by atoms with Gasteiger partial charge >= 0.3 is 0 Å². The molecular weight excluding hydrogens is 276 g/mol. The standard InChI is InChI=1S/C14H7BrN2/c15-14-5-2-11(3-6-14)1-4-13-10-17-8-7-12(13)9-16/h2-3,5-8,10H. The number of nitrogens with zero attached hydrogens (tertiary/aromatic N) is 2. The molecule has 0 N–H and O–H groups in total. The Hall–Kier alpha value is -2.10. The first-order valence-electron chi connectivity index (χ1n) is 4.91. The van der Waals surface area contributed by atoms with Crippen LogP contribution in [-0.2, 0) is 0 Å². The Balaban J connectivity index is 2.33. The highest BCUT2D eigenvalue weighted by atomic mass is 79.9. The first kappa shape index (κ1) is 11.4. The van der Waals surface area contributed by atoms with Crippen LogP contribution in [0.25, 0.3) is 0 Å². The summed E-state index contributed by atoms with van der Waals surface area (Å²) in [4.78, 5) is 3.96. The second-order valence-electron chi connectivity index (χ2n) is 3.29. The van der Waals surface area contributed by atoms with Gasteiger partial charge in [0.05, 0.1) is 11.1 Å². The highest BCUT2D eigenvalue weighted by Crippen LogP contribution is 2.10. The third-order valence-electron chi connectivity index (χ3n) is 2.13. The number of hydrogen-bond acceptors (Lipinski definition) is 2. The quantitative estimate of drug-likeness (QED) is 0.696. The van der Waals surface area contributed by atoms with Crippen molar-refractivity contribution in [2.45, 2.75) is 0 Å². The lowest BCUT2D eigenvalue weighted by molar-refractivity contribution is 1.29. The maximum atomic E-state index is 8.90. The minimum Gasteiger partial charge on any atom is -0.263 e. The van der Waals surface area contributed by atoms with Crippen LogP contribution in [0.1, 0.15) is 16.7 Å². The SMILES string of the molecule is N#Cc1ccncc1C#Cc1ccc(Br)cc1. The van der Waals surface area contributed by atoms with Gasteiger partial charge in [-0.1, -0.05) is 27.8 Å². The highest BCUT2D eigenvalue weighted by Gasteiger charge is 1.96. The minimum absolute atomic E-state index is 0.546. The smallest absolute Gasteiger partial charge is 0.101 e. The summed E-state index contributed by atoms with van der Waals surface area (Å²) in [5.41, 5.74) is 2.10. The lowest BCUT2D eigenvalue weighted by atomic mass is 10.1. The predicted molar refractivity (Wildman–Crippen MR) is 69.1 cm³/mol. The van der Waals surface area contributed by atoms with Crippen molar-refractivity contribution in [3.05, 3.63) is 63.9 Å². The van der Waals surface area contributed by atoms with Gasteiger partial charge in [0.2, 0.25) is 0 Å². The van der Waals surface area contributed by atoms with Crippen molar-refractivity contribution in [1.82, 2.24) is 4.98 Å². The van der Waals surface area contributed by atoms with Crippen LogP contribution in [0.3, 0.4) is 0 Å². The first-order valence-corrected chi connectivity index (χ1v) is 5.70. The molecule has 0 saturated carbocycles. The van der Waals surface area contributed by atoms with Crippen molar-refractivity contribution in [3.8, 4) is 17.9 Å². The van der Waals surface area contributed by atoms with Crippen molar-refractivity contribution in [1.29, 1.82) is 5.26 Å². The Bertz CT molecular complexity index is 628. The molecule has 0 aliphatic carbocycles. The summed E-state index contributed by atoms with van der Waals surface area (Å²) in [6.07, 6.45) is 3.19. The molecule has 3 heteroatoms. The van der Waals surface area contributed by atoms with Gasteiger partial charge in [-0.3, -0.25) is 4.98 Å². The molecule has 0 aliphatic rings. The van der Waals surface area contributed by atoms with E-state index in [-0.39, 0.29) is 0 Å². The van der Waals surface area contributed by atoms with Crippen LogP contribution in [0.5, 0.6) is 0 Å². The average molecular weight is 283 g/mol. The van der Waals surface area contributed by atoms with Crippen molar-refractivity contribution >= 4 is 15.9 Å². The van der Waals surface area contributed by atoms with Gasteiger partial charge in [0.1, 0.15) is 6.07 Å². The molecule has 0 bridgehead atoms. The number of nitriles is 1. The van der Waals surface area contributed by atoms with Gasteiger partial charge in [0, 0.05) is 22.4 Å². The van der Waals surface area contributed by atoms with E-state index >= 15 is 0 Å². The molecule has 0 radical (unpaired) electrons. The topological polar surface area (TPSA) is 36.7 Å². The minimum atomic E-state index is 0.546. The molecule has 0 unspecified atom stereocenters. The Labute approximate surface area is 108 Å². The van der Waals surface area contributed by atoms with Crippen LogP contribution >= 0.6 is 15.9 Å². The summed E-state index contributed by atoms with van der Waals surface area (Å²) in [5, 5.41) is 8.90. The summed E-state index contributed by atoms with van der Waals surface area (Å²) in [6, 6.07) is 11.4. The monoisotopic (exact) mass is 282 g/mol. The van der Waals surface area contributed by atoms with Gasteiger partial charge in [-0.05, 0) is 30.3 Å². The van der Waals surface area contributed by atoms with Crippen molar-refractivity contribution in [2.24, 2.45) is 0 Å². The molecule has 0 atom stereocenters. The maximum absolute atomic E-state index is 8.90. The predicted octanol–water partition coefficient (Wildman–Crippen LogP) is 3.12. The Morgan fingerprint density at radius 1 is 1.00 bits per heavy atom. The molecule has 1 aromatic carbocycles. The van der Waals surface area contributed by atoms with E-state index in [2.05, 4.69) is 38.8 Å². The van der Waals surface area contributed by atoms with Crippen LogP contribution in [0.4, 0.5) is 0 Å². The number of pyridine rings is 1. The molecule has 2 rings (SSSR count). The third kappa shape index (κ3) is 2.93. The average Bonchev–Trinajstić information content (AvgIpc) is 2.38. The van der Waals surface area contributed by atoms with E-state index in [1.54, 1.807) is 18.5 Å². The molecule has 1 heterocycles. The number of hydrogen-bond donors (Lipinski definition) is 0.